The number of carboxylic acid groups (broad SMARTS) is 1. The minimum absolute atomic E-state index is 0.0103. The van der Waals surface area contributed by atoms with E-state index in [4.69, 9.17) is 4.74 Å². The van der Waals surface area contributed by atoms with Gasteiger partial charge in [0.15, 0.2) is 0 Å². The first-order chi connectivity index (χ1) is 16.1. The number of aromatic hydroxyl groups is 1. The number of nitrogens with zero attached hydrogens (tertiary/aromatic N) is 1. The van der Waals surface area contributed by atoms with E-state index in [-0.39, 0.29) is 35.1 Å². The first-order valence-corrected chi connectivity index (χ1v) is 11.0. The Bertz CT molecular complexity index is 1210. The monoisotopic (exact) mass is 462 g/mol. The highest BCUT2D eigenvalue weighted by molar-refractivity contribution is 6.06. The second-order valence-corrected chi connectivity index (χ2v) is 9.33. The number of phenols is 1. The number of hydrogen-bond acceptors (Lipinski definition) is 5. The summed E-state index contributed by atoms with van der Waals surface area (Å²) in [6.45, 7) is 6.50. The summed E-state index contributed by atoms with van der Waals surface area (Å²) in [6.07, 6.45) is 4.47. The average Bonchev–Trinajstić information content (AvgIpc) is 2.77. The molecule has 34 heavy (non-hydrogen) atoms. The van der Waals surface area contributed by atoms with Crippen LogP contribution in [0.15, 0.2) is 54.6 Å². The average molecular weight is 463 g/mol. The second kappa shape index (κ2) is 10.5. The van der Waals surface area contributed by atoms with Gasteiger partial charge < -0.3 is 20.3 Å². The molecule has 0 radical (unpaired) electrons. The predicted molar refractivity (Wildman–Crippen MR) is 132 cm³/mol. The minimum Gasteiger partial charge on any atom is -0.508 e. The largest absolute Gasteiger partial charge is 0.508 e. The van der Waals surface area contributed by atoms with Crippen LogP contribution >= 0.6 is 0 Å². The highest BCUT2D eigenvalue weighted by Gasteiger charge is 2.20. The zero-order valence-corrected chi connectivity index (χ0v) is 19.8. The fourth-order valence-corrected chi connectivity index (χ4v) is 3.52. The molecule has 1 heterocycles. The molecular formula is C27H30N2O5. The summed E-state index contributed by atoms with van der Waals surface area (Å²) in [6, 6.07) is 13.0. The molecule has 0 spiro atoms. The van der Waals surface area contributed by atoms with Gasteiger partial charge >= 0.3 is 5.97 Å². The summed E-state index contributed by atoms with van der Waals surface area (Å²) in [5.41, 5.74) is 2.23. The molecule has 1 atom stereocenters. The molecule has 7 nitrogen and oxygen atoms in total. The number of carbonyl (C=O) groups is 2. The molecule has 1 amide bonds. The Morgan fingerprint density at radius 3 is 2.44 bits per heavy atom. The number of ether oxygens (including phenoxy) is 1. The molecular weight excluding hydrogens is 432 g/mol. The van der Waals surface area contributed by atoms with Crippen molar-refractivity contribution in [2.75, 3.05) is 13.7 Å². The number of rotatable bonds is 8. The fourth-order valence-electron chi connectivity index (χ4n) is 3.52. The molecule has 0 saturated heterocycles. The van der Waals surface area contributed by atoms with Crippen LogP contribution in [0.5, 0.6) is 5.75 Å². The van der Waals surface area contributed by atoms with E-state index in [1.54, 1.807) is 43.5 Å². The zero-order chi connectivity index (χ0) is 24.9. The molecule has 0 bridgehead atoms. The minimum atomic E-state index is -1.13. The quantitative estimate of drug-likeness (QED) is 0.448. The van der Waals surface area contributed by atoms with Crippen LogP contribution in [-0.2, 0) is 11.2 Å². The van der Waals surface area contributed by atoms with Gasteiger partial charge in [0.1, 0.15) is 11.4 Å². The van der Waals surface area contributed by atoms with E-state index in [9.17, 15) is 19.8 Å². The maximum Gasteiger partial charge on any atom is 0.336 e. The van der Waals surface area contributed by atoms with E-state index in [1.165, 1.54) is 6.07 Å². The second-order valence-electron chi connectivity index (χ2n) is 9.33. The van der Waals surface area contributed by atoms with Gasteiger partial charge in [0.2, 0.25) is 0 Å². The number of phenolic OH excluding ortho intramolecular Hbond substituents is 1. The molecule has 0 saturated carbocycles. The third kappa shape index (κ3) is 6.65. The lowest BCUT2D eigenvalue weighted by Gasteiger charge is -2.18. The molecule has 3 N–H and O–H groups in total. The topological polar surface area (TPSA) is 109 Å². The van der Waals surface area contributed by atoms with Crippen LogP contribution in [-0.4, -0.2) is 46.8 Å². The van der Waals surface area contributed by atoms with Crippen LogP contribution in [0.25, 0.3) is 17.0 Å². The van der Waals surface area contributed by atoms with Crippen molar-refractivity contribution in [3.8, 4) is 5.75 Å². The lowest BCUT2D eigenvalue weighted by Crippen LogP contribution is -2.40. The SMILES string of the molecule is COC[C@H](Cc1ccc(O)cc1)NC(=O)c1cc(C(=O)O)c2cc(/C=C/C(C)(C)C)ccc2n1. The van der Waals surface area contributed by atoms with Crippen molar-refractivity contribution in [1.82, 2.24) is 10.3 Å². The number of benzene rings is 2. The van der Waals surface area contributed by atoms with Crippen LogP contribution in [0.2, 0.25) is 0 Å². The lowest BCUT2D eigenvalue weighted by molar-refractivity contribution is 0.0699. The van der Waals surface area contributed by atoms with Gasteiger partial charge in [-0.3, -0.25) is 4.79 Å². The molecule has 0 unspecified atom stereocenters. The van der Waals surface area contributed by atoms with Crippen LogP contribution in [0.4, 0.5) is 0 Å². The molecule has 0 fully saturated rings. The van der Waals surface area contributed by atoms with Crippen molar-refractivity contribution in [3.05, 3.63) is 77.0 Å². The number of amides is 1. The van der Waals surface area contributed by atoms with Crippen LogP contribution in [0.3, 0.4) is 0 Å². The summed E-state index contributed by atoms with van der Waals surface area (Å²) in [4.78, 5) is 29.4. The molecule has 3 aromatic rings. The molecule has 2 aromatic carbocycles. The summed E-state index contributed by atoms with van der Waals surface area (Å²) < 4.78 is 5.24. The zero-order valence-electron chi connectivity index (χ0n) is 19.8. The van der Waals surface area contributed by atoms with Gasteiger partial charge in [-0.2, -0.15) is 0 Å². The Kier molecular flexibility index (Phi) is 7.68. The molecule has 0 aliphatic rings. The van der Waals surface area contributed by atoms with Gasteiger partial charge in [0, 0.05) is 12.5 Å². The van der Waals surface area contributed by atoms with Crippen molar-refractivity contribution < 1.29 is 24.5 Å². The number of nitrogens with one attached hydrogen (secondary N) is 1. The van der Waals surface area contributed by atoms with Crippen molar-refractivity contribution in [2.45, 2.75) is 33.2 Å². The number of pyridine rings is 1. The number of aromatic carboxylic acids is 1. The van der Waals surface area contributed by atoms with Gasteiger partial charge in [-0.15, -0.1) is 0 Å². The first-order valence-electron chi connectivity index (χ1n) is 11.0. The lowest BCUT2D eigenvalue weighted by atomic mass is 9.95. The van der Waals surface area contributed by atoms with Crippen LogP contribution in [0.1, 0.15) is 52.7 Å². The molecule has 0 aliphatic carbocycles. The summed E-state index contributed by atoms with van der Waals surface area (Å²) in [7, 11) is 1.54. The Labute approximate surface area is 199 Å². The third-order valence-corrected chi connectivity index (χ3v) is 5.19. The van der Waals surface area contributed by atoms with Gasteiger partial charge in [0.25, 0.3) is 5.91 Å². The van der Waals surface area contributed by atoms with E-state index in [0.29, 0.717) is 17.3 Å². The number of hydrogen-bond donors (Lipinski definition) is 3. The number of allylic oxidation sites excluding steroid dienone is 1. The van der Waals surface area contributed by atoms with Gasteiger partial charge in [-0.25, -0.2) is 9.78 Å². The van der Waals surface area contributed by atoms with E-state index in [0.717, 1.165) is 11.1 Å². The fraction of sp³-hybridized carbons (Fsp3) is 0.296. The van der Waals surface area contributed by atoms with Crippen molar-refractivity contribution in [3.63, 3.8) is 0 Å². The normalized spacial score (nSPS) is 12.7. The maximum absolute atomic E-state index is 13.0. The summed E-state index contributed by atoms with van der Waals surface area (Å²) in [5.74, 6) is -1.45. The molecule has 0 aliphatic heterocycles. The summed E-state index contributed by atoms with van der Waals surface area (Å²) in [5, 5.41) is 22.6. The van der Waals surface area contributed by atoms with E-state index >= 15 is 0 Å². The van der Waals surface area contributed by atoms with E-state index in [1.807, 2.05) is 18.2 Å². The Morgan fingerprint density at radius 1 is 1.12 bits per heavy atom. The molecule has 7 heteroatoms. The first kappa shape index (κ1) is 24.9. The number of aromatic nitrogens is 1. The number of carbonyl (C=O) groups excluding carboxylic acids is 1. The Hall–Kier alpha value is -3.71. The highest BCUT2D eigenvalue weighted by atomic mass is 16.5. The van der Waals surface area contributed by atoms with E-state index in [2.05, 4.69) is 31.1 Å². The van der Waals surface area contributed by atoms with Crippen LogP contribution < -0.4 is 5.32 Å². The van der Waals surface area contributed by atoms with Gasteiger partial charge in [-0.1, -0.05) is 51.1 Å². The van der Waals surface area contributed by atoms with Crippen molar-refractivity contribution >= 4 is 28.9 Å². The number of methoxy groups -OCH3 is 1. The van der Waals surface area contributed by atoms with Crippen molar-refractivity contribution in [2.24, 2.45) is 5.41 Å². The molecule has 3 rings (SSSR count). The van der Waals surface area contributed by atoms with Gasteiger partial charge in [-0.05, 0) is 53.3 Å². The Balaban J connectivity index is 1.89. The van der Waals surface area contributed by atoms with Crippen LogP contribution in [0, 0.1) is 5.41 Å². The highest BCUT2D eigenvalue weighted by Crippen LogP contribution is 2.23. The predicted octanol–water partition coefficient (Wildman–Crippen LogP) is 4.69. The number of fused-ring (bicyclic) bond motifs is 1. The standard InChI is InChI=1S/C27H30N2O5/c1-27(2,3)12-11-18-7-10-23-21(14-18)22(26(32)33)15-24(29-23)25(31)28-19(16-34-4)13-17-5-8-20(30)9-6-17/h5-12,14-15,19,30H,13,16H2,1-4H3,(H,28,31)(H,32,33)/b12-11+/t19-/m0/s1. The van der Waals surface area contributed by atoms with Gasteiger partial charge in [0.05, 0.1) is 23.7 Å². The third-order valence-electron chi connectivity index (χ3n) is 5.19. The Morgan fingerprint density at radius 2 is 1.82 bits per heavy atom. The number of carboxylic acids is 1. The molecule has 1 aromatic heterocycles. The molecule has 178 valence electrons. The summed E-state index contributed by atoms with van der Waals surface area (Å²) >= 11 is 0. The van der Waals surface area contributed by atoms with E-state index < -0.39 is 11.9 Å². The maximum atomic E-state index is 13.0. The smallest absolute Gasteiger partial charge is 0.336 e. The van der Waals surface area contributed by atoms with Crippen molar-refractivity contribution in [1.29, 1.82) is 0 Å².